The van der Waals surface area contributed by atoms with Crippen LogP contribution >= 0.6 is 11.3 Å². The van der Waals surface area contributed by atoms with E-state index in [4.69, 9.17) is 0 Å². The van der Waals surface area contributed by atoms with E-state index in [1.165, 1.54) is 4.88 Å². The van der Waals surface area contributed by atoms with Crippen molar-refractivity contribution in [3.63, 3.8) is 0 Å². The lowest BCUT2D eigenvalue weighted by molar-refractivity contribution is -0.123. The Balaban J connectivity index is 1.93. The highest BCUT2D eigenvalue weighted by atomic mass is 32.1. The van der Waals surface area contributed by atoms with Crippen LogP contribution in [0, 0.1) is 5.92 Å². The van der Waals surface area contributed by atoms with Gasteiger partial charge in [0.05, 0.1) is 6.04 Å². The lowest BCUT2D eigenvalue weighted by atomic mass is 10.0. The minimum Gasteiger partial charge on any atom is -0.352 e. The van der Waals surface area contributed by atoms with Crippen molar-refractivity contribution in [1.82, 2.24) is 10.6 Å². The number of carbonyl (C=O) groups is 1. The second-order valence-corrected chi connectivity index (χ2v) is 6.39. The molecular weight excluding hydrogens is 244 g/mol. The molecule has 1 fully saturated rings. The van der Waals surface area contributed by atoms with E-state index >= 15 is 0 Å². The maximum Gasteiger partial charge on any atom is 0.237 e. The zero-order chi connectivity index (χ0) is 13.1. The summed E-state index contributed by atoms with van der Waals surface area (Å²) in [6.45, 7) is 6.31. The van der Waals surface area contributed by atoms with Crippen LogP contribution in [0.5, 0.6) is 0 Å². The summed E-state index contributed by atoms with van der Waals surface area (Å²) in [6.07, 6.45) is 2.27. The van der Waals surface area contributed by atoms with E-state index in [0.717, 1.165) is 12.8 Å². The molecule has 1 aliphatic rings. The molecule has 3 nitrogen and oxygen atoms in total. The summed E-state index contributed by atoms with van der Waals surface area (Å²) in [5, 5.41) is 8.58. The number of carbonyl (C=O) groups excluding carboxylic acids is 1. The van der Waals surface area contributed by atoms with Crippen molar-refractivity contribution in [3.05, 3.63) is 22.4 Å². The zero-order valence-corrected chi connectivity index (χ0v) is 12.1. The summed E-state index contributed by atoms with van der Waals surface area (Å²) in [4.78, 5) is 13.3. The highest BCUT2D eigenvalue weighted by Crippen LogP contribution is 2.26. The molecule has 1 aromatic rings. The van der Waals surface area contributed by atoms with Gasteiger partial charge in [0.1, 0.15) is 0 Å². The number of nitrogens with one attached hydrogen (secondary N) is 2. The van der Waals surface area contributed by atoms with Gasteiger partial charge in [0, 0.05) is 17.0 Å². The Morgan fingerprint density at radius 2 is 2.11 bits per heavy atom. The van der Waals surface area contributed by atoms with Crippen molar-refractivity contribution in [3.8, 4) is 0 Å². The monoisotopic (exact) mass is 266 g/mol. The van der Waals surface area contributed by atoms with Crippen LogP contribution in [0.4, 0.5) is 0 Å². The highest BCUT2D eigenvalue weighted by molar-refractivity contribution is 7.10. The zero-order valence-electron chi connectivity index (χ0n) is 11.3. The van der Waals surface area contributed by atoms with Gasteiger partial charge in [-0.05, 0) is 37.1 Å². The van der Waals surface area contributed by atoms with Gasteiger partial charge in [0.25, 0.3) is 0 Å². The molecule has 0 spiro atoms. The van der Waals surface area contributed by atoms with Crippen molar-refractivity contribution in [2.75, 3.05) is 0 Å². The van der Waals surface area contributed by atoms with Gasteiger partial charge >= 0.3 is 0 Å². The van der Waals surface area contributed by atoms with Gasteiger partial charge in [-0.2, -0.15) is 0 Å². The summed E-state index contributed by atoms with van der Waals surface area (Å²) < 4.78 is 0. The summed E-state index contributed by atoms with van der Waals surface area (Å²) in [6, 6.07) is 4.74. The van der Waals surface area contributed by atoms with E-state index in [1.807, 2.05) is 6.92 Å². The molecule has 0 aliphatic heterocycles. The van der Waals surface area contributed by atoms with Gasteiger partial charge in [-0.3, -0.25) is 10.1 Å². The fourth-order valence-corrected chi connectivity index (χ4v) is 2.93. The van der Waals surface area contributed by atoms with Gasteiger partial charge in [0.2, 0.25) is 5.91 Å². The van der Waals surface area contributed by atoms with E-state index in [0.29, 0.717) is 12.0 Å². The number of thiophene rings is 1. The third-order valence-electron chi connectivity index (χ3n) is 3.26. The maximum absolute atomic E-state index is 12.0. The normalized spacial score (nSPS) is 18.7. The van der Waals surface area contributed by atoms with E-state index in [2.05, 4.69) is 42.0 Å². The van der Waals surface area contributed by atoms with Crippen molar-refractivity contribution in [2.45, 2.75) is 51.7 Å². The van der Waals surface area contributed by atoms with Gasteiger partial charge in [-0.25, -0.2) is 0 Å². The first-order valence-electron chi connectivity index (χ1n) is 6.67. The molecule has 1 amide bonds. The van der Waals surface area contributed by atoms with Crippen LogP contribution in [-0.2, 0) is 4.79 Å². The van der Waals surface area contributed by atoms with Crippen LogP contribution in [-0.4, -0.2) is 18.0 Å². The quantitative estimate of drug-likeness (QED) is 0.831. The largest absolute Gasteiger partial charge is 0.352 e. The smallest absolute Gasteiger partial charge is 0.237 e. The Bertz CT molecular complexity index is 385. The van der Waals surface area contributed by atoms with Gasteiger partial charge in [0.15, 0.2) is 0 Å². The van der Waals surface area contributed by atoms with Crippen molar-refractivity contribution in [2.24, 2.45) is 5.92 Å². The minimum atomic E-state index is -0.139. The molecule has 0 aromatic carbocycles. The molecule has 1 heterocycles. The van der Waals surface area contributed by atoms with Crippen LogP contribution in [0.3, 0.4) is 0 Å². The second-order valence-electron chi connectivity index (χ2n) is 5.41. The molecule has 1 aliphatic carbocycles. The Hall–Kier alpha value is -0.870. The molecule has 100 valence electrons. The SMILES string of the molecule is CC(NC(c1cccs1)C(C)C)C(=O)NC1CC1. The summed E-state index contributed by atoms with van der Waals surface area (Å²) in [5.74, 6) is 0.597. The van der Waals surface area contributed by atoms with Crippen molar-refractivity contribution in [1.29, 1.82) is 0 Å². The molecule has 18 heavy (non-hydrogen) atoms. The molecule has 2 rings (SSSR count). The topological polar surface area (TPSA) is 41.1 Å². The number of hydrogen-bond acceptors (Lipinski definition) is 3. The average Bonchev–Trinajstić information content (AvgIpc) is 2.96. The molecule has 2 unspecified atom stereocenters. The fourth-order valence-electron chi connectivity index (χ4n) is 1.97. The number of hydrogen-bond donors (Lipinski definition) is 2. The molecular formula is C14H22N2OS. The van der Waals surface area contributed by atoms with Gasteiger partial charge in [-0.15, -0.1) is 11.3 Å². The van der Waals surface area contributed by atoms with Gasteiger partial charge < -0.3 is 5.32 Å². The van der Waals surface area contributed by atoms with Crippen molar-refractivity contribution >= 4 is 17.2 Å². The predicted octanol–water partition coefficient (Wildman–Crippen LogP) is 2.70. The van der Waals surface area contributed by atoms with Crippen LogP contribution in [0.25, 0.3) is 0 Å². The van der Waals surface area contributed by atoms with Crippen LogP contribution in [0.15, 0.2) is 17.5 Å². The Kier molecular flexibility index (Phi) is 4.40. The fraction of sp³-hybridized carbons (Fsp3) is 0.643. The molecule has 1 aromatic heterocycles. The summed E-state index contributed by atoms with van der Waals surface area (Å²) in [7, 11) is 0. The summed E-state index contributed by atoms with van der Waals surface area (Å²) in [5.41, 5.74) is 0. The van der Waals surface area contributed by atoms with Gasteiger partial charge in [-0.1, -0.05) is 19.9 Å². The Labute approximate surface area is 113 Å². The first-order chi connectivity index (χ1) is 8.58. The lowest BCUT2D eigenvalue weighted by Gasteiger charge is -2.25. The second kappa shape index (κ2) is 5.85. The average molecular weight is 266 g/mol. The standard InChI is InChI=1S/C14H22N2OS/c1-9(2)13(12-5-4-8-18-12)15-10(3)14(17)16-11-6-7-11/h4-5,8-11,13,15H,6-7H2,1-3H3,(H,16,17). The minimum absolute atomic E-state index is 0.125. The first-order valence-corrected chi connectivity index (χ1v) is 7.55. The molecule has 4 heteroatoms. The Morgan fingerprint density at radius 3 is 2.61 bits per heavy atom. The molecule has 2 atom stereocenters. The predicted molar refractivity (Wildman–Crippen MR) is 75.7 cm³/mol. The van der Waals surface area contributed by atoms with Crippen molar-refractivity contribution < 1.29 is 4.79 Å². The van der Waals surface area contributed by atoms with E-state index in [-0.39, 0.29) is 18.0 Å². The summed E-state index contributed by atoms with van der Waals surface area (Å²) >= 11 is 1.75. The lowest BCUT2D eigenvalue weighted by Crippen LogP contribution is -2.45. The van der Waals surface area contributed by atoms with Crippen LogP contribution in [0.1, 0.15) is 44.5 Å². The first kappa shape index (κ1) is 13.6. The number of amides is 1. The van der Waals surface area contributed by atoms with E-state index in [1.54, 1.807) is 11.3 Å². The molecule has 1 saturated carbocycles. The molecule has 0 radical (unpaired) electrons. The molecule has 2 N–H and O–H groups in total. The Morgan fingerprint density at radius 1 is 1.39 bits per heavy atom. The molecule has 0 bridgehead atoms. The van der Waals surface area contributed by atoms with E-state index in [9.17, 15) is 4.79 Å². The van der Waals surface area contributed by atoms with E-state index < -0.39 is 0 Å². The molecule has 0 saturated heterocycles. The van der Waals surface area contributed by atoms with Crippen LogP contribution < -0.4 is 10.6 Å². The highest BCUT2D eigenvalue weighted by Gasteiger charge is 2.27. The third kappa shape index (κ3) is 3.56. The number of rotatable bonds is 6. The third-order valence-corrected chi connectivity index (χ3v) is 4.22. The van der Waals surface area contributed by atoms with Crippen LogP contribution in [0.2, 0.25) is 0 Å². The maximum atomic E-state index is 12.0.